The molecule has 2 unspecified atom stereocenters. The first kappa shape index (κ1) is 39.5. The molecular weight excluding hydrogens is 540 g/mol. The van der Waals surface area contributed by atoms with Gasteiger partial charge in [-0.05, 0) is 44.9 Å². The topological polar surface area (TPSA) is 188 Å². The predicted octanol–water partition coefficient (Wildman–Crippen LogP) is 4.76. The molecule has 7 N–H and O–H groups in total. The molecule has 0 spiro atoms. The highest BCUT2D eigenvalue weighted by Gasteiger charge is 2.25. The first-order chi connectivity index (χ1) is 20.2. The number of hydrazine groups is 1. The molecule has 0 saturated carbocycles. The minimum absolute atomic E-state index is 0.00341. The average Bonchev–Trinajstić information content (AvgIpc) is 2.96. The van der Waals surface area contributed by atoms with E-state index in [0.29, 0.717) is 38.6 Å². The van der Waals surface area contributed by atoms with Crippen LogP contribution in [0.2, 0.25) is 0 Å². The second-order valence-corrected chi connectivity index (χ2v) is 11.4. The van der Waals surface area contributed by atoms with Crippen molar-refractivity contribution < 1.29 is 34.2 Å². The van der Waals surface area contributed by atoms with Gasteiger partial charge in [-0.3, -0.25) is 20.2 Å². The van der Waals surface area contributed by atoms with Crippen LogP contribution in [0.25, 0.3) is 0 Å². The van der Waals surface area contributed by atoms with Gasteiger partial charge in [0, 0.05) is 25.8 Å². The summed E-state index contributed by atoms with van der Waals surface area (Å²) < 4.78 is 0. The third-order valence-electron chi connectivity index (χ3n) is 7.85. The van der Waals surface area contributed by atoms with Crippen molar-refractivity contribution in [2.75, 3.05) is 6.54 Å². The first-order valence-corrected chi connectivity index (χ1v) is 16.1. The fourth-order valence-electron chi connectivity index (χ4n) is 4.89. The molecule has 0 aliphatic carbocycles. The van der Waals surface area contributed by atoms with Gasteiger partial charge in [0.15, 0.2) is 0 Å². The van der Waals surface area contributed by atoms with E-state index in [1.807, 2.05) is 6.92 Å². The van der Waals surface area contributed by atoms with E-state index < -0.39 is 23.5 Å². The van der Waals surface area contributed by atoms with E-state index in [4.69, 9.17) is 10.9 Å². The number of nitrogens with one attached hydrogen (secondary N) is 3. The van der Waals surface area contributed by atoms with Gasteiger partial charge in [0.1, 0.15) is 12.3 Å². The lowest BCUT2D eigenvalue weighted by molar-refractivity contribution is -0.142. The average molecular weight is 599 g/mol. The highest BCUT2D eigenvalue weighted by atomic mass is 16.4. The molecule has 0 aliphatic rings. The maximum Gasteiger partial charge on any atom is 0.326 e. The van der Waals surface area contributed by atoms with Crippen molar-refractivity contribution in [1.82, 2.24) is 16.1 Å². The molecule has 0 bridgehead atoms. The summed E-state index contributed by atoms with van der Waals surface area (Å²) in [6, 6.07) is -1.09. The van der Waals surface area contributed by atoms with Crippen molar-refractivity contribution >= 4 is 30.0 Å². The summed E-state index contributed by atoms with van der Waals surface area (Å²) in [5.41, 5.74) is 1.81. The van der Waals surface area contributed by atoms with Gasteiger partial charge in [-0.15, -0.1) is 0 Å². The highest BCUT2D eigenvalue weighted by Crippen LogP contribution is 2.15. The molecule has 0 heterocycles. The number of carbonyl (C=O) groups is 5. The van der Waals surface area contributed by atoms with Crippen molar-refractivity contribution in [2.45, 2.75) is 160 Å². The predicted molar refractivity (Wildman–Crippen MR) is 164 cm³/mol. The summed E-state index contributed by atoms with van der Waals surface area (Å²) in [7, 11) is 0. The van der Waals surface area contributed by atoms with E-state index in [1.54, 1.807) is 0 Å². The van der Waals surface area contributed by atoms with Crippen LogP contribution < -0.4 is 21.9 Å². The zero-order chi connectivity index (χ0) is 31.5. The SMILES string of the molecule is CCC(C=O)(CCCCNC(=O)CCC(NC(=O)CCCCCCCCCCCCCCCCC(=O)O)C(=O)O)NN. The number of carboxylic acids is 2. The van der Waals surface area contributed by atoms with Crippen molar-refractivity contribution in [1.29, 1.82) is 0 Å². The van der Waals surface area contributed by atoms with Crippen molar-refractivity contribution in [3.8, 4) is 0 Å². The molecule has 0 aliphatic heterocycles. The number of aldehydes is 1. The lowest BCUT2D eigenvalue weighted by Gasteiger charge is -2.25. The second kappa shape index (κ2) is 26.1. The van der Waals surface area contributed by atoms with E-state index in [9.17, 15) is 29.1 Å². The summed E-state index contributed by atoms with van der Waals surface area (Å²) in [5.74, 6) is 3.05. The van der Waals surface area contributed by atoms with Gasteiger partial charge in [-0.2, -0.15) is 0 Å². The zero-order valence-electron chi connectivity index (χ0n) is 25.9. The molecule has 11 heteroatoms. The van der Waals surface area contributed by atoms with Crippen molar-refractivity contribution in [3.05, 3.63) is 0 Å². The van der Waals surface area contributed by atoms with Crippen LogP contribution >= 0.6 is 0 Å². The molecule has 0 aromatic rings. The van der Waals surface area contributed by atoms with Crippen LogP contribution in [0.4, 0.5) is 0 Å². The van der Waals surface area contributed by atoms with Crippen molar-refractivity contribution in [2.24, 2.45) is 5.84 Å². The van der Waals surface area contributed by atoms with Crippen LogP contribution in [0.5, 0.6) is 0 Å². The Morgan fingerprint density at radius 2 is 1.21 bits per heavy atom. The van der Waals surface area contributed by atoms with Crippen LogP contribution in [-0.2, 0) is 24.0 Å². The van der Waals surface area contributed by atoms with E-state index in [2.05, 4.69) is 16.1 Å². The quantitative estimate of drug-likeness (QED) is 0.0293. The van der Waals surface area contributed by atoms with Gasteiger partial charge in [-0.1, -0.05) is 84.0 Å². The number of carbonyl (C=O) groups excluding carboxylic acids is 3. The molecule has 42 heavy (non-hydrogen) atoms. The summed E-state index contributed by atoms with van der Waals surface area (Å²) in [4.78, 5) is 57.6. The molecule has 0 saturated heterocycles. The van der Waals surface area contributed by atoms with Gasteiger partial charge in [0.2, 0.25) is 11.8 Å². The maximum atomic E-state index is 12.2. The Morgan fingerprint density at radius 3 is 1.64 bits per heavy atom. The zero-order valence-corrected chi connectivity index (χ0v) is 25.9. The molecule has 0 aromatic heterocycles. The maximum absolute atomic E-state index is 12.2. The normalized spacial score (nSPS) is 13.2. The van der Waals surface area contributed by atoms with E-state index in [-0.39, 0.29) is 37.5 Å². The van der Waals surface area contributed by atoms with Crippen LogP contribution in [0.3, 0.4) is 0 Å². The molecule has 2 amide bonds. The van der Waals surface area contributed by atoms with Gasteiger partial charge < -0.3 is 25.6 Å². The van der Waals surface area contributed by atoms with E-state index in [0.717, 1.165) is 44.8 Å². The van der Waals surface area contributed by atoms with Gasteiger partial charge in [0.25, 0.3) is 0 Å². The summed E-state index contributed by atoms with van der Waals surface area (Å²) >= 11 is 0. The Bertz CT molecular complexity index is 760. The van der Waals surface area contributed by atoms with Crippen LogP contribution in [-0.4, -0.2) is 58.4 Å². The molecule has 244 valence electrons. The standard InChI is InChI=1S/C31H58N4O7/c1-2-31(25-36,35-32)23-17-18-24-33-27(37)22-21-26(30(41)42)34-28(38)19-15-13-11-9-7-5-3-4-6-8-10-12-14-16-20-29(39)40/h25-26,35H,2-24,32H2,1H3,(H,33,37)(H,34,38)(H,39,40)(H,41,42). The van der Waals surface area contributed by atoms with Crippen LogP contribution in [0, 0.1) is 0 Å². The van der Waals surface area contributed by atoms with Gasteiger partial charge in [-0.25, -0.2) is 10.2 Å². The van der Waals surface area contributed by atoms with Crippen LogP contribution in [0.1, 0.15) is 148 Å². The van der Waals surface area contributed by atoms with Gasteiger partial charge >= 0.3 is 11.9 Å². The third-order valence-corrected chi connectivity index (χ3v) is 7.85. The molecule has 0 fully saturated rings. The lowest BCUT2D eigenvalue weighted by Crippen LogP contribution is -2.50. The molecule has 0 radical (unpaired) electrons. The summed E-state index contributed by atoms with van der Waals surface area (Å²) in [6.07, 6.45) is 19.2. The lowest BCUT2D eigenvalue weighted by atomic mass is 9.92. The first-order valence-electron chi connectivity index (χ1n) is 16.1. The van der Waals surface area contributed by atoms with E-state index in [1.165, 1.54) is 44.9 Å². The number of hydrogen-bond donors (Lipinski definition) is 6. The monoisotopic (exact) mass is 598 g/mol. The molecule has 11 nitrogen and oxygen atoms in total. The highest BCUT2D eigenvalue weighted by molar-refractivity contribution is 5.84. The Hall–Kier alpha value is -2.53. The number of unbranched alkanes of at least 4 members (excludes halogenated alkanes) is 14. The fraction of sp³-hybridized carbons (Fsp3) is 0.839. The number of hydrogen-bond acceptors (Lipinski definition) is 7. The Morgan fingerprint density at radius 1 is 0.714 bits per heavy atom. The Kier molecular flexibility index (Phi) is 24.6. The molecular formula is C31H58N4O7. The second-order valence-electron chi connectivity index (χ2n) is 11.4. The fourth-order valence-corrected chi connectivity index (χ4v) is 4.89. The minimum Gasteiger partial charge on any atom is -0.481 e. The Labute approximate surface area is 252 Å². The van der Waals surface area contributed by atoms with Gasteiger partial charge in [0.05, 0.1) is 5.54 Å². The Balaban J connectivity index is 3.78. The number of carboxylic acid groups (broad SMARTS) is 2. The number of amides is 2. The van der Waals surface area contributed by atoms with E-state index >= 15 is 0 Å². The third kappa shape index (κ3) is 22.1. The summed E-state index contributed by atoms with van der Waals surface area (Å²) in [5, 5.41) is 23.4. The molecule has 0 rings (SSSR count). The van der Waals surface area contributed by atoms with Crippen molar-refractivity contribution in [3.63, 3.8) is 0 Å². The largest absolute Gasteiger partial charge is 0.481 e. The van der Waals surface area contributed by atoms with Crippen LogP contribution in [0.15, 0.2) is 0 Å². The smallest absolute Gasteiger partial charge is 0.326 e. The minimum atomic E-state index is -1.15. The summed E-state index contributed by atoms with van der Waals surface area (Å²) in [6.45, 7) is 2.30. The molecule has 2 atom stereocenters. The number of nitrogens with two attached hydrogens (primary N) is 1. The molecule has 0 aromatic carbocycles. The number of aliphatic carboxylic acids is 2. The number of rotatable bonds is 30.